The summed E-state index contributed by atoms with van der Waals surface area (Å²) in [5.74, 6) is 0.575. The number of aromatic nitrogens is 3. The third-order valence-electron chi connectivity index (χ3n) is 5.11. The first kappa shape index (κ1) is 21.7. The molecule has 0 saturated carbocycles. The largest absolute Gasteiger partial charge is 0.378 e. The summed E-state index contributed by atoms with van der Waals surface area (Å²) in [7, 11) is 1.87. The molecular formula is C22H24ClN5O2S. The minimum Gasteiger partial charge on any atom is -0.378 e. The van der Waals surface area contributed by atoms with E-state index in [1.165, 1.54) is 11.8 Å². The second-order valence-corrected chi connectivity index (χ2v) is 8.96. The van der Waals surface area contributed by atoms with Gasteiger partial charge in [0, 0.05) is 37.1 Å². The summed E-state index contributed by atoms with van der Waals surface area (Å²) in [5.41, 5.74) is 2.71. The van der Waals surface area contributed by atoms with E-state index in [4.69, 9.17) is 16.3 Å². The lowest BCUT2D eigenvalue weighted by atomic mass is 10.2. The number of thioether (sulfide) groups is 1. The van der Waals surface area contributed by atoms with Crippen molar-refractivity contribution in [1.29, 1.82) is 0 Å². The van der Waals surface area contributed by atoms with Crippen molar-refractivity contribution in [3.8, 4) is 11.4 Å². The van der Waals surface area contributed by atoms with Crippen LogP contribution in [0.1, 0.15) is 6.92 Å². The summed E-state index contributed by atoms with van der Waals surface area (Å²) in [4.78, 5) is 15.0. The van der Waals surface area contributed by atoms with Gasteiger partial charge in [0.1, 0.15) is 0 Å². The lowest BCUT2D eigenvalue weighted by Gasteiger charge is -2.28. The van der Waals surface area contributed by atoms with E-state index in [0.717, 1.165) is 43.2 Å². The lowest BCUT2D eigenvalue weighted by Crippen LogP contribution is -2.36. The first-order chi connectivity index (χ1) is 15.0. The Labute approximate surface area is 190 Å². The minimum atomic E-state index is -0.346. The molecule has 2 heterocycles. The maximum atomic E-state index is 12.7. The minimum absolute atomic E-state index is 0.0913. The molecule has 3 aromatic rings. The number of hydrogen-bond donors (Lipinski definition) is 1. The highest BCUT2D eigenvalue weighted by Gasteiger charge is 2.20. The van der Waals surface area contributed by atoms with Crippen LogP contribution in [0, 0.1) is 0 Å². The van der Waals surface area contributed by atoms with Gasteiger partial charge in [-0.3, -0.25) is 4.79 Å². The van der Waals surface area contributed by atoms with Gasteiger partial charge < -0.3 is 19.5 Å². The van der Waals surface area contributed by atoms with E-state index >= 15 is 0 Å². The van der Waals surface area contributed by atoms with E-state index in [2.05, 4.69) is 20.4 Å². The summed E-state index contributed by atoms with van der Waals surface area (Å²) in [6.45, 7) is 5.10. The fourth-order valence-electron chi connectivity index (χ4n) is 3.33. The van der Waals surface area contributed by atoms with Gasteiger partial charge in [-0.2, -0.15) is 0 Å². The highest BCUT2D eigenvalue weighted by atomic mass is 35.5. The first-order valence-electron chi connectivity index (χ1n) is 10.1. The van der Waals surface area contributed by atoms with Gasteiger partial charge >= 0.3 is 0 Å². The fraction of sp³-hybridized carbons (Fsp3) is 0.318. The molecule has 1 aliphatic rings. The molecule has 1 unspecified atom stereocenters. The van der Waals surface area contributed by atoms with Crippen molar-refractivity contribution in [2.24, 2.45) is 7.05 Å². The van der Waals surface area contributed by atoms with Crippen molar-refractivity contribution in [3.63, 3.8) is 0 Å². The number of nitrogens with one attached hydrogen (secondary N) is 1. The predicted molar refractivity (Wildman–Crippen MR) is 125 cm³/mol. The third kappa shape index (κ3) is 5.03. The molecule has 1 amide bonds. The zero-order chi connectivity index (χ0) is 21.8. The highest BCUT2D eigenvalue weighted by Crippen LogP contribution is 2.30. The van der Waals surface area contributed by atoms with Crippen LogP contribution in [0.25, 0.3) is 11.4 Å². The molecule has 2 aromatic carbocycles. The van der Waals surface area contributed by atoms with Gasteiger partial charge in [-0.05, 0) is 43.3 Å². The van der Waals surface area contributed by atoms with Crippen molar-refractivity contribution < 1.29 is 9.53 Å². The van der Waals surface area contributed by atoms with Gasteiger partial charge in [-0.1, -0.05) is 35.5 Å². The van der Waals surface area contributed by atoms with Gasteiger partial charge in [-0.25, -0.2) is 0 Å². The van der Waals surface area contributed by atoms with Gasteiger partial charge in [0.2, 0.25) is 5.91 Å². The number of halogens is 1. The lowest BCUT2D eigenvalue weighted by molar-refractivity contribution is -0.115. The number of nitrogens with zero attached hydrogens (tertiary/aromatic N) is 4. The number of ether oxygens (including phenoxy) is 1. The van der Waals surface area contributed by atoms with Crippen LogP contribution in [0.4, 0.5) is 11.4 Å². The van der Waals surface area contributed by atoms with Gasteiger partial charge in [0.05, 0.1) is 23.5 Å². The molecule has 7 nitrogen and oxygen atoms in total. The van der Waals surface area contributed by atoms with Crippen molar-refractivity contribution in [2.75, 3.05) is 36.5 Å². The molecule has 1 saturated heterocycles. The molecule has 1 fully saturated rings. The zero-order valence-corrected chi connectivity index (χ0v) is 19.0. The Morgan fingerprint density at radius 1 is 1.13 bits per heavy atom. The van der Waals surface area contributed by atoms with Gasteiger partial charge in [0.15, 0.2) is 11.0 Å². The Bertz CT molecular complexity index is 1050. The Morgan fingerprint density at radius 3 is 2.55 bits per heavy atom. The molecule has 1 N–H and O–H groups in total. The summed E-state index contributed by atoms with van der Waals surface area (Å²) in [6, 6.07) is 15.4. The molecule has 0 bridgehead atoms. The van der Waals surface area contributed by atoms with E-state index in [0.29, 0.717) is 16.0 Å². The molecule has 162 valence electrons. The number of carbonyl (C=O) groups is 1. The van der Waals surface area contributed by atoms with Gasteiger partial charge in [-0.15, -0.1) is 10.2 Å². The normalized spacial score (nSPS) is 15.0. The van der Waals surface area contributed by atoms with Crippen LogP contribution >= 0.6 is 23.4 Å². The fourth-order valence-corrected chi connectivity index (χ4v) is 4.36. The van der Waals surface area contributed by atoms with Crippen LogP contribution in [0.5, 0.6) is 0 Å². The van der Waals surface area contributed by atoms with Gasteiger partial charge in [0.25, 0.3) is 0 Å². The Hall–Kier alpha value is -2.55. The average molecular weight is 458 g/mol. The molecule has 31 heavy (non-hydrogen) atoms. The van der Waals surface area contributed by atoms with E-state index in [-0.39, 0.29) is 11.2 Å². The number of rotatable bonds is 6. The molecule has 0 radical (unpaired) electrons. The molecular weight excluding hydrogens is 434 g/mol. The molecule has 9 heteroatoms. The number of hydrogen-bond acceptors (Lipinski definition) is 6. The summed E-state index contributed by atoms with van der Waals surface area (Å²) in [5, 5.41) is 12.4. The summed E-state index contributed by atoms with van der Waals surface area (Å²) >= 11 is 7.64. The smallest absolute Gasteiger partial charge is 0.237 e. The quantitative estimate of drug-likeness (QED) is 0.562. The van der Waals surface area contributed by atoms with E-state index in [1.54, 1.807) is 0 Å². The first-order valence-corrected chi connectivity index (χ1v) is 11.3. The molecule has 0 aliphatic carbocycles. The van der Waals surface area contributed by atoms with E-state index in [9.17, 15) is 4.79 Å². The van der Waals surface area contributed by atoms with Crippen LogP contribution in [0.2, 0.25) is 5.02 Å². The monoisotopic (exact) mass is 457 g/mol. The second-order valence-electron chi connectivity index (χ2n) is 7.24. The second kappa shape index (κ2) is 9.72. The molecule has 1 aliphatic heterocycles. The molecule has 0 spiro atoms. The van der Waals surface area contributed by atoms with E-state index in [1.807, 2.05) is 67.1 Å². The number of benzene rings is 2. The van der Waals surface area contributed by atoms with Crippen LogP contribution < -0.4 is 10.2 Å². The van der Waals surface area contributed by atoms with Crippen molar-refractivity contribution >= 4 is 40.6 Å². The maximum absolute atomic E-state index is 12.7. The predicted octanol–water partition coefficient (Wildman–Crippen LogP) is 4.09. The van der Waals surface area contributed by atoms with E-state index < -0.39 is 0 Å². The summed E-state index contributed by atoms with van der Waals surface area (Å²) in [6.07, 6.45) is 0. The van der Waals surface area contributed by atoms with Crippen LogP contribution in [-0.4, -0.2) is 52.2 Å². The van der Waals surface area contributed by atoms with Crippen LogP contribution in [0.3, 0.4) is 0 Å². The van der Waals surface area contributed by atoms with Crippen molar-refractivity contribution in [3.05, 3.63) is 53.6 Å². The number of amides is 1. The summed E-state index contributed by atoms with van der Waals surface area (Å²) < 4.78 is 7.25. The number of morpholine rings is 1. The standard InChI is InChI=1S/C22H24ClN5O2S/c1-15(31-22-26-25-20(27(22)2)18-5-3-4-6-19(18)23)21(29)24-16-7-9-17(10-8-16)28-11-13-30-14-12-28/h3-10,15H,11-14H2,1-2H3,(H,24,29). The maximum Gasteiger partial charge on any atom is 0.237 e. The van der Waals surface area contributed by atoms with Crippen molar-refractivity contribution in [2.45, 2.75) is 17.3 Å². The number of anilines is 2. The topological polar surface area (TPSA) is 72.3 Å². The van der Waals surface area contributed by atoms with Crippen molar-refractivity contribution in [1.82, 2.24) is 14.8 Å². The Balaban J connectivity index is 1.38. The highest BCUT2D eigenvalue weighted by molar-refractivity contribution is 8.00. The van der Waals surface area contributed by atoms with Crippen LogP contribution in [0.15, 0.2) is 53.7 Å². The number of carbonyl (C=O) groups excluding carboxylic acids is 1. The zero-order valence-electron chi connectivity index (χ0n) is 17.4. The average Bonchev–Trinajstić information content (AvgIpc) is 3.15. The SMILES string of the molecule is CC(Sc1nnc(-c2ccccc2Cl)n1C)C(=O)Nc1ccc(N2CCOCC2)cc1. The molecule has 1 aromatic heterocycles. The third-order valence-corrected chi connectivity index (χ3v) is 6.58. The molecule has 4 rings (SSSR count). The Morgan fingerprint density at radius 2 is 1.84 bits per heavy atom. The van der Waals surface area contributed by atoms with Crippen LogP contribution in [-0.2, 0) is 16.6 Å². The Kier molecular flexibility index (Phi) is 6.80. The molecule has 1 atom stereocenters.